The van der Waals surface area contributed by atoms with Crippen LogP contribution in [0.15, 0.2) is 12.4 Å². The third-order valence-electron chi connectivity index (χ3n) is 4.43. The van der Waals surface area contributed by atoms with Crippen LogP contribution in [0.25, 0.3) is 0 Å². The normalized spacial score (nSPS) is 23.1. The summed E-state index contributed by atoms with van der Waals surface area (Å²) >= 11 is 0. The van der Waals surface area contributed by atoms with Crippen molar-refractivity contribution in [3.05, 3.63) is 12.4 Å². The molecule has 2 N–H and O–H groups in total. The molecule has 2 aliphatic heterocycles. The second-order valence-corrected chi connectivity index (χ2v) is 6.26. The molecule has 0 bridgehead atoms. The van der Waals surface area contributed by atoms with E-state index in [-0.39, 0.29) is 13.2 Å². The average molecular weight is 322 g/mol. The Hall–Kier alpha value is -1.44. The summed E-state index contributed by atoms with van der Waals surface area (Å²) in [6.45, 7) is 5.46. The molecule has 1 aromatic rings. The highest BCUT2D eigenvalue weighted by Gasteiger charge is 2.24. The number of nitrogens with zero attached hydrogens (tertiary/aromatic N) is 3. The fourth-order valence-electron chi connectivity index (χ4n) is 3.20. The number of nitrogens with one attached hydrogen (secondary N) is 1. The highest BCUT2D eigenvalue weighted by molar-refractivity contribution is 5.34. The van der Waals surface area contributed by atoms with Crippen molar-refractivity contribution < 1.29 is 14.6 Å². The molecule has 0 saturated carbocycles. The van der Waals surface area contributed by atoms with E-state index in [1.807, 2.05) is 0 Å². The molecule has 23 heavy (non-hydrogen) atoms. The minimum absolute atomic E-state index is 0.0240. The molecule has 1 atom stereocenters. The van der Waals surface area contributed by atoms with Crippen LogP contribution in [0.2, 0.25) is 0 Å². The smallest absolute Gasteiger partial charge is 0.234 e. The fourth-order valence-corrected chi connectivity index (χ4v) is 3.20. The van der Waals surface area contributed by atoms with Crippen LogP contribution in [0.3, 0.4) is 0 Å². The largest absolute Gasteiger partial charge is 0.474 e. The Labute approximate surface area is 137 Å². The molecule has 7 heteroatoms. The van der Waals surface area contributed by atoms with Gasteiger partial charge in [-0.1, -0.05) is 0 Å². The Kier molecular flexibility index (Phi) is 6.01. The van der Waals surface area contributed by atoms with Crippen LogP contribution in [-0.4, -0.2) is 72.1 Å². The van der Waals surface area contributed by atoms with E-state index in [1.54, 1.807) is 12.4 Å². The maximum atomic E-state index is 8.78. The quantitative estimate of drug-likeness (QED) is 0.767. The third-order valence-corrected chi connectivity index (χ3v) is 4.43. The lowest BCUT2D eigenvalue weighted by atomic mass is 10.0. The van der Waals surface area contributed by atoms with Crippen LogP contribution in [0.1, 0.15) is 19.3 Å². The molecule has 1 aromatic heterocycles. The summed E-state index contributed by atoms with van der Waals surface area (Å²) < 4.78 is 10.7. The van der Waals surface area contributed by atoms with Crippen molar-refractivity contribution in [1.29, 1.82) is 0 Å². The molecule has 0 spiro atoms. The van der Waals surface area contributed by atoms with E-state index >= 15 is 0 Å². The van der Waals surface area contributed by atoms with Crippen LogP contribution in [0.5, 0.6) is 5.88 Å². The maximum Gasteiger partial charge on any atom is 0.234 e. The molecule has 2 aliphatic rings. The van der Waals surface area contributed by atoms with Gasteiger partial charge in [-0.3, -0.25) is 4.98 Å². The molecule has 3 heterocycles. The molecule has 7 nitrogen and oxygen atoms in total. The van der Waals surface area contributed by atoms with Crippen molar-refractivity contribution in [2.45, 2.75) is 25.3 Å². The number of piperidine rings is 1. The van der Waals surface area contributed by atoms with Gasteiger partial charge in [-0.15, -0.1) is 0 Å². The molecule has 0 aliphatic carbocycles. The number of hydrogen-bond acceptors (Lipinski definition) is 7. The number of ether oxygens (including phenoxy) is 2. The third kappa shape index (κ3) is 5.02. The number of aliphatic hydroxyl groups excluding tert-OH is 1. The van der Waals surface area contributed by atoms with Crippen LogP contribution in [0.4, 0.5) is 5.82 Å². The van der Waals surface area contributed by atoms with E-state index in [0.717, 1.165) is 51.5 Å². The Morgan fingerprint density at radius 2 is 2.17 bits per heavy atom. The average Bonchev–Trinajstić information content (AvgIpc) is 3.08. The Balaban J connectivity index is 1.43. The van der Waals surface area contributed by atoms with Crippen molar-refractivity contribution in [3.8, 4) is 5.88 Å². The molecule has 2 saturated heterocycles. The first-order chi connectivity index (χ1) is 11.3. The lowest BCUT2D eigenvalue weighted by Crippen LogP contribution is -2.41. The molecule has 0 aromatic carbocycles. The summed E-state index contributed by atoms with van der Waals surface area (Å²) in [4.78, 5) is 11.0. The minimum atomic E-state index is -0.0240. The Morgan fingerprint density at radius 1 is 1.30 bits per heavy atom. The molecule has 128 valence electrons. The standard InChI is InChI=1S/C16H26N4O3/c21-6-8-23-16-10-17-9-15(19-16)18-14-1-4-20(5-2-14)11-13-3-7-22-12-13/h9-10,13-14,21H,1-8,11-12H2,(H,18,19). The molecule has 2 fully saturated rings. The van der Waals surface area contributed by atoms with Gasteiger partial charge in [0.15, 0.2) is 0 Å². The van der Waals surface area contributed by atoms with E-state index in [9.17, 15) is 0 Å². The molecular weight excluding hydrogens is 296 g/mol. The van der Waals surface area contributed by atoms with Crippen molar-refractivity contribution in [2.75, 3.05) is 51.4 Å². The second kappa shape index (κ2) is 8.42. The number of rotatable bonds is 7. The molecule has 0 amide bonds. The van der Waals surface area contributed by atoms with Gasteiger partial charge in [0.05, 0.1) is 25.6 Å². The summed E-state index contributed by atoms with van der Waals surface area (Å²) in [5, 5.41) is 12.2. The van der Waals surface area contributed by atoms with Gasteiger partial charge in [0, 0.05) is 32.3 Å². The van der Waals surface area contributed by atoms with Gasteiger partial charge in [-0.05, 0) is 25.2 Å². The van der Waals surface area contributed by atoms with Gasteiger partial charge in [0.2, 0.25) is 5.88 Å². The summed E-state index contributed by atoms with van der Waals surface area (Å²) in [6.07, 6.45) is 6.70. The van der Waals surface area contributed by atoms with Crippen LogP contribution < -0.4 is 10.1 Å². The predicted octanol–water partition coefficient (Wildman–Crippen LogP) is 0.760. The van der Waals surface area contributed by atoms with Gasteiger partial charge in [0.25, 0.3) is 0 Å². The number of aromatic nitrogens is 2. The highest BCUT2D eigenvalue weighted by Crippen LogP contribution is 2.20. The second-order valence-electron chi connectivity index (χ2n) is 6.26. The zero-order valence-corrected chi connectivity index (χ0v) is 13.5. The summed E-state index contributed by atoms with van der Waals surface area (Å²) in [5.41, 5.74) is 0. The van der Waals surface area contributed by atoms with Crippen LogP contribution >= 0.6 is 0 Å². The zero-order chi connectivity index (χ0) is 15.9. The van der Waals surface area contributed by atoms with Gasteiger partial charge >= 0.3 is 0 Å². The van der Waals surface area contributed by atoms with Crippen molar-refractivity contribution in [1.82, 2.24) is 14.9 Å². The van der Waals surface area contributed by atoms with Gasteiger partial charge in [-0.2, -0.15) is 4.98 Å². The maximum absolute atomic E-state index is 8.78. The number of hydrogen-bond donors (Lipinski definition) is 2. The number of aliphatic hydroxyl groups is 1. The van der Waals surface area contributed by atoms with Crippen molar-refractivity contribution in [3.63, 3.8) is 0 Å². The first kappa shape index (κ1) is 16.4. The SMILES string of the molecule is OCCOc1cncc(NC2CCN(CC3CCOC3)CC2)n1. The van der Waals surface area contributed by atoms with Crippen LogP contribution in [-0.2, 0) is 4.74 Å². The van der Waals surface area contributed by atoms with Gasteiger partial charge < -0.3 is 24.8 Å². The lowest BCUT2D eigenvalue weighted by Gasteiger charge is -2.33. The van der Waals surface area contributed by atoms with E-state index < -0.39 is 0 Å². The lowest BCUT2D eigenvalue weighted by molar-refractivity contribution is 0.154. The molecular formula is C16H26N4O3. The molecule has 3 rings (SSSR count). The molecule has 0 radical (unpaired) electrons. The van der Waals surface area contributed by atoms with Crippen molar-refractivity contribution in [2.24, 2.45) is 5.92 Å². The van der Waals surface area contributed by atoms with E-state index in [0.29, 0.717) is 17.8 Å². The minimum Gasteiger partial charge on any atom is -0.474 e. The van der Waals surface area contributed by atoms with Crippen molar-refractivity contribution >= 4 is 5.82 Å². The van der Waals surface area contributed by atoms with Gasteiger partial charge in [0.1, 0.15) is 12.4 Å². The number of likely N-dealkylation sites (tertiary alicyclic amines) is 1. The Morgan fingerprint density at radius 3 is 2.91 bits per heavy atom. The highest BCUT2D eigenvalue weighted by atomic mass is 16.5. The topological polar surface area (TPSA) is 79.7 Å². The summed E-state index contributed by atoms with van der Waals surface area (Å²) in [7, 11) is 0. The first-order valence-electron chi connectivity index (χ1n) is 8.46. The van der Waals surface area contributed by atoms with Crippen LogP contribution in [0, 0.1) is 5.92 Å². The van der Waals surface area contributed by atoms with Gasteiger partial charge in [-0.25, -0.2) is 0 Å². The number of anilines is 1. The monoisotopic (exact) mass is 322 g/mol. The zero-order valence-electron chi connectivity index (χ0n) is 13.5. The first-order valence-corrected chi connectivity index (χ1v) is 8.46. The summed E-state index contributed by atoms with van der Waals surface area (Å²) in [5.74, 6) is 1.90. The molecule has 1 unspecified atom stereocenters. The summed E-state index contributed by atoms with van der Waals surface area (Å²) in [6, 6.07) is 0.425. The van der Waals surface area contributed by atoms with E-state index in [1.165, 1.54) is 6.42 Å². The fraction of sp³-hybridized carbons (Fsp3) is 0.750. The Bertz CT molecular complexity index is 474. The van der Waals surface area contributed by atoms with E-state index in [2.05, 4.69) is 20.2 Å². The van der Waals surface area contributed by atoms with E-state index in [4.69, 9.17) is 14.6 Å². The predicted molar refractivity (Wildman–Crippen MR) is 86.6 cm³/mol.